The molecule has 2 bridgehead atoms. The van der Waals surface area contributed by atoms with Gasteiger partial charge in [-0.2, -0.15) is 0 Å². The topological polar surface area (TPSA) is 67.2 Å². The number of fused-ring (bicyclic) bond motifs is 2. The molecule has 2 fully saturated rings. The number of piperazine rings is 1. The Morgan fingerprint density at radius 3 is 2.24 bits per heavy atom. The van der Waals surface area contributed by atoms with Crippen LogP contribution in [0.25, 0.3) is 27.5 Å². The van der Waals surface area contributed by atoms with E-state index in [1.807, 2.05) is 20.9 Å². The molecule has 0 aliphatic carbocycles. The van der Waals surface area contributed by atoms with Crippen molar-refractivity contribution in [2.45, 2.75) is 78.3 Å². The lowest BCUT2D eigenvalue weighted by molar-refractivity contribution is 0.0695. The number of pyridine rings is 1. The molecule has 6 rings (SSSR count). The zero-order valence-corrected chi connectivity index (χ0v) is 27.1. The second-order valence-corrected chi connectivity index (χ2v) is 13.5. The summed E-state index contributed by atoms with van der Waals surface area (Å²) >= 11 is 1.32. The van der Waals surface area contributed by atoms with Crippen molar-refractivity contribution in [2.75, 3.05) is 13.1 Å². The first kappa shape index (κ1) is 31.3. The van der Waals surface area contributed by atoms with E-state index in [9.17, 15) is 18.4 Å². The van der Waals surface area contributed by atoms with Gasteiger partial charge in [0.2, 0.25) is 0 Å². The van der Waals surface area contributed by atoms with Crippen LogP contribution in [0.15, 0.2) is 58.7 Å². The van der Waals surface area contributed by atoms with Crippen molar-refractivity contribution in [2.24, 2.45) is 5.92 Å². The number of rotatable bonds is 9. The van der Waals surface area contributed by atoms with Crippen LogP contribution in [-0.4, -0.2) is 45.5 Å². The lowest BCUT2D eigenvalue weighted by Gasteiger charge is -2.34. The van der Waals surface area contributed by atoms with E-state index >= 15 is 0 Å². The molecule has 45 heavy (non-hydrogen) atoms. The van der Waals surface area contributed by atoms with Gasteiger partial charge in [-0.25, -0.2) is 13.8 Å². The first-order valence-corrected chi connectivity index (χ1v) is 16.9. The predicted octanol–water partition coefficient (Wildman–Crippen LogP) is 7.47. The number of aromatic nitrogens is 2. The molecule has 4 heterocycles. The number of alkyl halides is 2. The average Bonchev–Trinajstić information content (AvgIpc) is 3.66. The summed E-state index contributed by atoms with van der Waals surface area (Å²) in [6.45, 7) is 9.69. The maximum Gasteiger partial charge on any atom is 0.265 e. The van der Waals surface area contributed by atoms with Gasteiger partial charge in [-0.15, -0.1) is 11.3 Å². The first-order valence-electron chi connectivity index (χ1n) is 16.0. The molecule has 236 valence electrons. The van der Waals surface area contributed by atoms with E-state index in [1.165, 1.54) is 23.5 Å². The zero-order chi connectivity index (χ0) is 31.8. The summed E-state index contributed by atoms with van der Waals surface area (Å²) in [5.74, 6) is 0.152. The van der Waals surface area contributed by atoms with E-state index in [4.69, 9.17) is 4.98 Å². The maximum atomic E-state index is 14.8. The molecule has 6 nitrogen and oxygen atoms in total. The predicted molar refractivity (Wildman–Crippen MR) is 177 cm³/mol. The third-order valence-electron chi connectivity index (χ3n) is 9.02. The van der Waals surface area contributed by atoms with Gasteiger partial charge in [0, 0.05) is 47.4 Å². The molecule has 4 aromatic rings. The summed E-state index contributed by atoms with van der Waals surface area (Å²) in [5.41, 5.74) is 5.66. The van der Waals surface area contributed by atoms with Crippen LogP contribution in [0.2, 0.25) is 0 Å². The van der Waals surface area contributed by atoms with Gasteiger partial charge < -0.3 is 10.2 Å². The SMILES string of the molecule is CCc1cccc(CC)c1-n1c(CC(C)C)c(C(=O)N2C[C@H]3CC[C@@H](C2)N3)cc(-c2nc(-c3ccc(C(F)F)cc3)cs2)c1=O. The minimum atomic E-state index is -2.55. The van der Waals surface area contributed by atoms with Crippen molar-refractivity contribution >= 4 is 17.2 Å². The fourth-order valence-electron chi connectivity index (χ4n) is 6.78. The van der Waals surface area contributed by atoms with Crippen LogP contribution in [0.5, 0.6) is 0 Å². The number of carbonyl (C=O) groups excluding carboxylic acids is 1. The summed E-state index contributed by atoms with van der Waals surface area (Å²) < 4.78 is 28.1. The van der Waals surface area contributed by atoms with Crippen molar-refractivity contribution in [1.29, 1.82) is 0 Å². The monoisotopic (exact) mass is 630 g/mol. The summed E-state index contributed by atoms with van der Waals surface area (Å²) in [5, 5.41) is 5.95. The molecule has 2 aromatic carbocycles. The van der Waals surface area contributed by atoms with E-state index in [0.29, 0.717) is 46.9 Å². The van der Waals surface area contributed by atoms with Crippen LogP contribution in [0.3, 0.4) is 0 Å². The minimum absolute atomic E-state index is 0.0505. The van der Waals surface area contributed by atoms with Crippen LogP contribution in [0.1, 0.15) is 79.7 Å². The highest BCUT2D eigenvalue weighted by Crippen LogP contribution is 2.33. The van der Waals surface area contributed by atoms with Crippen LogP contribution in [0, 0.1) is 5.92 Å². The minimum Gasteiger partial charge on any atom is -0.335 e. The number of nitrogens with one attached hydrogen (secondary N) is 1. The fraction of sp³-hybridized carbons (Fsp3) is 0.417. The normalized spacial score (nSPS) is 17.9. The number of amides is 1. The van der Waals surface area contributed by atoms with Crippen molar-refractivity contribution in [3.05, 3.63) is 92.2 Å². The Morgan fingerprint density at radius 2 is 1.67 bits per heavy atom. The molecule has 1 N–H and O–H groups in total. The number of hydrogen-bond acceptors (Lipinski definition) is 5. The van der Waals surface area contributed by atoms with E-state index in [-0.39, 0.29) is 35.0 Å². The molecule has 0 spiro atoms. The standard InChI is InChI=1S/C36H40F2N4O2S/c1-5-22-8-7-9-23(6-2)32(22)42-31(16-21(3)4)28(35(43)41-18-26-14-15-27(19-41)39-26)17-29(36(42)44)34-40-30(20-45-34)24-10-12-25(13-11-24)33(37)38/h7-13,17,20-21,26-27,33,39H,5-6,14-16,18-19H2,1-4H3/t26-,27+. The first-order chi connectivity index (χ1) is 21.7. The summed E-state index contributed by atoms with van der Waals surface area (Å²) in [6.07, 6.45) is 1.61. The molecule has 2 aliphatic rings. The molecule has 2 aromatic heterocycles. The molecule has 0 unspecified atom stereocenters. The average molecular weight is 631 g/mol. The number of hydrogen-bond donors (Lipinski definition) is 1. The Kier molecular flexibility index (Phi) is 9.02. The molecule has 1 amide bonds. The second kappa shape index (κ2) is 13.0. The number of aryl methyl sites for hydroxylation is 2. The van der Waals surface area contributed by atoms with E-state index in [1.54, 1.807) is 18.2 Å². The molecule has 0 saturated carbocycles. The second-order valence-electron chi connectivity index (χ2n) is 12.6. The molecule has 0 radical (unpaired) electrons. The highest BCUT2D eigenvalue weighted by atomic mass is 32.1. The molecule has 2 saturated heterocycles. The summed E-state index contributed by atoms with van der Waals surface area (Å²) in [6, 6.07) is 14.6. The number of likely N-dealkylation sites (tertiary alicyclic amines) is 1. The lowest BCUT2D eigenvalue weighted by Crippen LogP contribution is -2.53. The highest BCUT2D eigenvalue weighted by Gasteiger charge is 2.36. The van der Waals surface area contributed by atoms with Gasteiger partial charge in [0.15, 0.2) is 0 Å². The Bertz CT molecular complexity index is 1730. The number of para-hydroxylation sites is 1. The van der Waals surface area contributed by atoms with Gasteiger partial charge in [0.05, 0.1) is 22.5 Å². The van der Waals surface area contributed by atoms with Crippen molar-refractivity contribution < 1.29 is 13.6 Å². The van der Waals surface area contributed by atoms with Crippen LogP contribution in [0.4, 0.5) is 8.78 Å². The van der Waals surface area contributed by atoms with Gasteiger partial charge in [0.1, 0.15) is 5.01 Å². The third-order valence-corrected chi connectivity index (χ3v) is 9.90. The quantitative estimate of drug-likeness (QED) is 0.209. The fourth-order valence-corrected chi connectivity index (χ4v) is 7.62. The largest absolute Gasteiger partial charge is 0.335 e. The van der Waals surface area contributed by atoms with Crippen LogP contribution >= 0.6 is 11.3 Å². The van der Waals surface area contributed by atoms with Gasteiger partial charge in [-0.3, -0.25) is 14.2 Å². The van der Waals surface area contributed by atoms with Gasteiger partial charge in [-0.1, -0.05) is 70.2 Å². The number of carbonyl (C=O) groups is 1. The Hall–Kier alpha value is -3.69. The van der Waals surface area contributed by atoms with Crippen molar-refractivity contribution in [1.82, 2.24) is 19.8 Å². The molecule has 2 atom stereocenters. The third kappa shape index (κ3) is 6.12. The van der Waals surface area contributed by atoms with E-state index in [2.05, 4.69) is 45.1 Å². The highest BCUT2D eigenvalue weighted by molar-refractivity contribution is 7.13. The van der Waals surface area contributed by atoms with Gasteiger partial charge in [0.25, 0.3) is 17.9 Å². The van der Waals surface area contributed by atoms with Gasteiger partial charge in [-0.05, 0) is 55.2 Å². The van der Waals surface area contributed by atoms with Crippen LogP contribution < -0.4 is 10.9 Å². The zero-order valence-electron chi connectivity index (χ0n) is 26.3. The molecule has 2 aliphatic heterocycles. The molecule has 9 heteroatoms. The molecular weight excluding hydrogens is 590 g/mol. The summed E-state index contributed by atoms with van der Waals surface area (Å²) in [4.78, 5) is 36.1. The van der Waals surface area contributed by atoms with E-state index < -0.39 is 6.43 Å². The molecular formula is C36H40F2N4O2S. The number of benzene rings is 2. The number of halogens is 2. The lowest BCUT2D eigenvalue weighted by atomic mass is 9.96. The smallest absolute Gasteiger partial charge is 0.265 e. The maximum absolute atomic E-state index is 14.8. The number of thiazole rings is 1. The Balaban J connectivity index is 1.57. The van der Waals surface area contributed by atoms with E-state index in [0.717, 1.165) is 48.2 Å². The van der Waals surface area contributed by atoms with Crippen molar-refractivity contribution in [3.8, 4) is 27.5 Å². The summed E-state index contributed by atoms with van der Waals surface area (Å²) in [7, 11) is 0. The Labute approximate surface area is 267 Å². The van der Waals surface area contributed by atoms with Gasteiger partial charge >= 0.3 is 0 Å². The number of nitrogens with zero attached hydrogens (tertiary/aromatic N) is 3. The van der Waals surface area contributed by atoms with Crippen molar-refractivity contribution in [3.63, 3.8) is 0 Å². The Morgan fingerprint density at radius 1 is 1.02 bits per heavy atom. The van der Waals surface area contributed by atoms with Crippen LogP contribution in [-0.2, 0) is 19.3 Å².